The molecule has 0 radical (unpaired) electrons. The molecular weight excluding hydrogens is 280 g/mol. The van der Waals surface area contributed by atoms with Gasteiger partial charge in [-0.05, 0) is 30.7 Å². The summed E-state index contributed by atoms with van der Waals surface area (Å²) in [5.41, 5.74) is 1.94. The van der Waals surface area contributed by atoms with Gasteiger partial charge in [0.15, 0.2) is 6.61 Å². The molecule has 0 aromatic heterocycles. The standard InChI is InChI=1S/C17H14N2O3/c1-12-6-2-4-8-14(12)17(21)22-11-16(20)19-15-9-5-3-7-13(15)10-18/h2-9H,11H2,1H3,(H,19,20). The Balaban J connectivity index is 1.95. The van der Waals surface area contributed by atoms with Crippen LogP contribution >= 0.6 is 0 Å². The van der Waals surface area contributed by atoms with E-state index in [1.54, 1.807) is 49.4 Å². The van der Waals surface area contributed by atoms with Crippen LogP contribution in [0.15, 0.2) is 48.5 Å². The molecule has 0 spiro atoms. The second-order valence-corrected chi connectivity index (χ2v) is 4.60. The van der Waals surface area contributed by atoms with Crippen LogP contribution in [-0.2, 0) is 9.53 Å². The summed E-state index contributed by atoms with van der Waals surface area (Å²) >= 11 is 0. The highest BCUT2D eigenvalue weighted by atomic mass is 16.5. The van der Waals surface area contributed by atoms with Gasteiger partial charge >= 0.3 is 5.97 Å². The number of esters is 1. The fourth-order valence-corrected chi connectivity index (χ4v) is 1.89. The molecule has 110 valence electrons. The second-order valence-electron chi connectivity index (χ2n) is 4.60. The van der Waals surface area contributed by atoms with Crippen molar-refractivity contribution in [2.75, 3.05) is 11.9 Å². The van der Waals surface area contributed by atoms with Crippen LogP contribution in [0.3, 0.4) is 0 Å². The van der Waals surface area contributed by atoms with E-state index in [2.05, 4.69) is 5.32 Å². The van der Waals surface area contributed by atoms with Gasteiger partial charge in [-0.3, -0.25) is 4.79 Å². The number of benzene rings is 2. The Hall–Kier alpha value is -3.13. The van der Waals surface area contributed by atoms with E-state index < -0.39 is 18.5 Å². The lowest BCUT2D eigenvalue weighted by Crippen LogP contribution is -2.21. The van der Waals surface area contributed by atoms with E-state index in [0.717, 1.165) is 5.56 Å². The maximum Gasteiger partial charge on any atom is 0.338 e. The molecule has 0 atom stereocenters. The first kappa shape index (κ1) is 15.3. The average molecular weight is 294 g/mol. The quantitative estimate of drug-likeness (QED) is 0.879. The molecule has 2 rings (SSSR count). The Bertz CT molecular complexity index is 748. The maximum atomic E-state index is 11.9. The molecule has 0 unspecified atom stereocenters. The van der Waals surface area contributed by atoms with Crippen LogP contribution < -0.4 is 5.32 Å². The Morgan fingerprint density at radius 3 is 2.55 bits per heavy atom. The Kier molecular flexibility index (Phi) is 4.89. The van der Waals surface area contributed by atoms with Crippen molar-refractivity contribution in [3.8, 4) is 6.07 Å². The number of rotatable bonds is 4. The van der Waals surface area contributed by atoms with Crippen molar-refractivity contribution in [1.82, 2.24) is 0 Å². The van der Waals surface area contributed by atoms with E-state index in [-0.39, 0.29) is 0 Å². The second kappa shape index (κ2) is 7.04. The molecule has 0 aliphatic heterocycles. The van der Waals surface area contributed by atoms with Crippen molar-refractivity contribution in [3.05, 3.63) is 65.2 Å². The predicted octanol–water partition coefficient (Wildman–Crippen LogP) is 2.66. The molecular formula is C17H14N2O3. The highest BCUT2D eigenvalue weighted by Crippen LogP contribution is 2.13. The van der Waals surface area contributed by atoms with E-state index in [1.807, 2.05) is 12.1 Å². The molecule has 0 saturated carbocycles. The number of nitrogens with one attached hydrogen (secondary N) is 1. The number of hydrogen-bond acceptors (Lipinski definition) is 4. The maximum absolute atomic E-state index is 11.9. The number of nitrogens with zero attached hydrogens (tertiary/aromatic N) is 1. The molecule has 1 N–H and O–H groups in total. The van der Waals surface area contributed by atoms with E-state index in [0.29, 0.717) is 16.8 Å². The topological polar surface area (TPSA) is 79.2 Å². The summed E-state index contributed by atoms with van der Waals surface area (Å²) in [4.78, 5) is 23.7. The van der Waals surface area contributed by atoms with Crippen molar-refractivity contribution in [1.29, 1.82) is 5.26 Å². The lowest BCUT2D eigenvalue weighted by atomic mass is 10.1. The third kappa shape index (κ3) is 3.70. The van der Waals surface area contributed by atoms with Gasteiger partial charge in [0.25, 0.3) is 5.91 Å². The molecule has 2 aromatic rings. The van der Waals surface area contributed by atoms with Gasteiger partial charge in [-0.25, -0.2) is 4.79 Å². The van der Waals surface area contributed by atoms with Gasteiger partial charge < -0.3 is 10.1 Å². The summed E-state index contributed by atoms with van der Waals surface area (Å²) in [5, 5.41) is 11.5. The summed E-state index contributed by atoms with van der Waals surface area (Å²) in [5.74, 6) is -1.05. The number of para-hydroxylation sites is 1. The lowest BCUT2D eigenvalue weighted by Gasteiger charge is -2.08. The Morgan fingerprint density at radius 1 is 1.14 bits per heavy atom. The first-order chi connectivity index (χ1) is 10.6. The smallest absolute Gasteiger partial charge is 0.338 e. The monoisotopic (exact) mass is 294 g/mol. The van der Waals surface area contributed by atoms with Gasteiger partial charge in [0.05, 0.1) is 16.8 Å². The zero-order chi connectivity index (χ0) is 15.9. The number of anilines is 1. The van der Waals surface area contributed by atoms with Gasteiger partial charge in [0, 0.05) is 0 Å². The number of amides is 1. The molecule has 0 aliphatic carbocycles. The van der Waals surface area contributed by atoms with Crippen LogP contribution in [0.2, 0.25) is 0 Å². The number of carbonyl (C=O) groups excluding carboxylic acids is 2. The highest BCUT2D eigenvalue weighted by molar-refractivity contribution is 5.96. The van der Waals surface area contributed by atoms with Crippen molar-refractivity contribution in [2.24, 2.45) is 0 Å². The average Bonchev–Trinajstić information content (AvgIpc) is 2.53. The van der Waals surface area contributed by atoms with Gasteiger partial charge in [-0.1, -0.05) is 30.3 Å². The lowest BCUT2D eigenvalue weighted by molar-refractivity contribution is -0.119. The molecule has 22 heavy (non-hydrogen) atoms. The summed E-state index contributed by atoms with van der Waals surface area (Å²) in [7, 11) is 0. The van der Waals surface area contributed by atoms with Gasteiger partial charge in [-0.15, -0.1) is 0 Å². The Morgan fingerprint density at radius 2 is 1.82 bits per heavy atom. The fraction of sp³-hybridized carbons (Fsp3) is 0.118. The summed E-state index contributed by atoms with van der Waals surface area (Å²) in [6.07, 6.45) is 0. The van der Waals surface area contributed by atoms with E-state index >= 15 is 0 Å². The molecule has 0 heterocycles. The minimum absolute atomic E-state index is 0.348. The fourth-order valence-electron chi connectivity index (χ4n) is 1.89. The SMILES string of the molecule is Cc1ccccc1C(=O)OCC(=O)Nc1ccccc1C#N. The molecule has 2 aromatic carbocycles. The number of carbonyl (C=O) groups is 2. The molecule has 0 fully saturated rings. The van der Waals surface area contributed by atoms with Crippen LogP contribution in [0.5, 0.6) is 0 Å². The van der Waals surface area contributed by atoms with Crippen LogP contribution in [0.1, 0.15) is 21.5 Å². The van der Waals surface area contributed by atoms with Crippen molar-refractivity contribution >= 4 is 17.6 Å². The minimum atomic E-state index is -0.554. The van der Waals surface area contributed by atoms with Gasteiger partial charge in [0.1, 0.15) is 6.07 Å². The van der Waals surface area contributed by atoms with E-state index in [1.165, 1.54) is 0 Å². The summed E-state index contributed by atoms with van der Waals surface area (Å²) < 4.78 is 4.98. The largest absolute Gasteiger partial charge is 0.452 e. The Labute approximate surface area is 128 Å². The zero-order valence-electron chi connectivity index (χ0n) is 12.0. The van der Waals surface area contributed by atoms with Crippen LogP contribution in [0.25, 0.3) is 0 Å². The van der Waals surface area contributed by atoms with E-state index in [9.17, 15) is 9.59 Å². The van der Waals surface area contributed by atoms with Crippen molar-refractivity contribution < 1.29 is 14.3 Å². The zero-order valence-corrected chi connectivity index (χ0v) is 12.0. The third-order valence-corrected chi connectivity index (χ3v) is 3.02. The first-order valence-corrected chi connectivity index (χ1v) is 6.63. The molecule has 5 heteroatoms. The molecule has 5 nitrogen and oxygen atoms in total. The molecule has 1 amide bonds. The normalized spacial score (nSPS) is 9.64. The van der Waals surface area contributed by atoms with Gasteiger partial charge in [0.2, 0.25) is 0 Å². The predicted molar refractivity (Wildman–Crippen MR) is 81.2 cm³/mol. The third-order valence-electron chi connectivity index (χ3n) is 3.02. The first-order valence-electron chi connectivity index (χ1n) is 6.63. The molecule has 0 bridgehead atoms. The molecule has 0 saturated heterocycles. The number of hydrogen-bond donors (Lipinski definition) is 1. The molecule has 0 aliphatic rings. The number of ether oxygens (including phenoxy) is 1. The van der Waals surface area contributed by atoms with Crippen molar-refractivity contribution in [3.63, 3.8) is 0 Å². The summed E-state index contributed by atoms with van der Waals surface area (Å²) in [6.45, 7) is 1.38. The number of nitriles is 1. The highest BCUT2D eigenvalue weighted by Gasteiger charge is 2.13. The van der Waals surface area contributed by atoms with E-state index in [4.69, 9.17) is 10.00 Å². The number of aryl methyl sites for hydroxylation is 1. The van der Waals surface area contributed by atoms with Crippen LogP contribution in [0.4, 0.5) is 5.69 Å². The minimum Gasteiger partial charge on any atom is -0.452 e. The van der Waals surface area contributed by atoms with Crippen molar-refractivity contribution in [2.45, 2.75) is 6.92 Å². The van der Waals surface area contributed by atoms with Crippen LogP contribution in [-0.4, -0.2) is 18.5 Å². The van der Waals surface area contributed by atoms with Crippen LogP contribution in [0, 0.1) is 18.3 Å². The van der Waals surface area contributed by atoms with Gasteiger partial charge in [-0.2, -0.15) is 5.26 Å². The summed E-state index contributed by atoms with van der Waals surface area (Å²) in [6, 6.07) is 15.6.